The van der Waals surface area contributed by atoms with Gasteiger partial charge in [0.1, 0.15) is 0 Å². The molecule has 2 nitrogen and oxygen atoms in total. The molecule has 3 aromatic rings. The zero-order valence-electron chi connectivity index (χ0n) is 12.1. The Balaban J connectivity index is 2.38. The van der Waals surface area contributed by atoms with E-state index >= 15 is 0 Å². The van der Waals surface area contributed by atoms with Crippen molar-refractivity contribution in [3.05, 3.63) is 48.5 Å². The zero-order valence-corrected chi connectivity index (χ0v) is 12.1. The van der Waals surface area contributed by atoms with Crippen LogP contribution in [-0.4, -0.2) is 18.1 Å². The number of pyridine rings is 1. The highest BCUT2D eigenvalue weighted by Crippen LogP contribution is 2.33. The Morgan fingerprint density at radius 2 is 1.40 bits per heavy atom. The Kier molecular flexibility index (Phi) is 3.55. The van der Waals surface area contributed by atoms with E-state index in [2.05, 4.69) is 67.3 Å². The SMILES string of the molecule is CCCN(CC)c1c2ccccc2nc2ccccc12. The Morgan fingerprint density at radius 3 is 1.90 bits per heavy atom. The topological polar surface area (TPSA) is 16.1 Å². The molecule has 102 valence electrons. The number of aromatic nitrogens is 1. The molecule has 0 bridgehead atoms. The summed E-state index contributed by atoms with van der Waals surface area (Å²) in [5.41, 5.74) is 3.49. The van der Waals surface area contributed by atoms with Crippen molar-refractivity contribution in [2.24, 2.45) is 0 Å². The van der Waals surface area contributed by atoms with Crippen LogP contribution in [-0.2, 0) is 0 Å². The minimum Gasteiger partial charge on any atom is -0.371 e. The molecule has 0 aliphatic rings. The summed E-state index contributed by atoms with van der Waals surface area (Å²) in [4.78, 5) is 7.25. The number of para-hydroxylation sites is 2. The monoisotopic (exact) mass is 264 g/mol. The van der Waals surface area contributed by atoms with Gasteiger partial charge in [0, 0.05) is 23.9 Å². The molecule has 0 saturated carbocycles. The van der Waals surface area contributed by atoms with Crippen LogP contribution >= 0.6 is 0 Å². The summed E-state index contributed by atoms with van der Waals surface area (Å²) in [6.07, 6.45) is 1.15. The lowest BCUT2D eigenvalue weighted by Gasteiger charge is -2.25. The highest BCUT2D eigenvalue weighted by atomic mass is 15.1. The quantitative estimate of drug-likeness (QED) is 0.639. The van der Waals surface area contributed by atoms with Crippen LogP contribution < -0.4 is 4.90 Å². The predicted octanol–water partition coefficient (Wildman–Crippen LogP) is 4.62. The molecule has 1 heterocycles. The van der Waals surface area contributed by atoms with Gasteiger partial charge in [0.15, 0.2) is 0 Å². The molecule has 3 rings (SSSR count). The molecule has 0 spiro atoms. The zero-order chi connectivity index (χ0) is 13.9. The molecule has 2 heteroatoms. The van der Waals surface area contributed by atoms with Crippen molar-refractivity contribution in [3.63, 3.8) is 0 Å². The van der Waals surface area contributed by atoms with E-state index in [1.165, 1.54) is 16.5 Å². The molecule has 0 amide bonds. The summed E-state index contributed by atoms with van der Waals surface area (Å²) >= 11 is 0. The third kappa shape index (κ3) is 2.11. The average Bonchev–Trinajstić information content (AvgIpc) is 2.50. The van der Waals surface area contributed by atoms with Gasteiger partial charge in [-0.2, -0.15) is 0 Å². The van der Waals surface area contributed by atoms with Gasteiger partial charge in [-0.25, -0.2) is 4.98 Å². The number of fused-ring (bicyclic) bond motifs is 2. The van der Waals surface area contributed by atoms with Gasteiger partial charge in [-0.05, 0) is 25.5 Å². The fraction of sp³-hybridized carbons (Fsp3) is 0.278. The number of anilines is 1. The lowest BCUT2D eigenvalue weighted by Crippen LogP contribution is -2.24. The minimum atomic E-state index is 1.02. The standard InChI is InChI=1S/C18H20N2/c1-3-13-20(4-2)18-14-9-5-7-11-16(14)19-17-12-8-6-10-15(17)18/h5-12H,3-4,13H2,1-2H3. The van der Waals surface area contributed by atoms with E-state index in [1.54, 1.807) is 0 Å². The third-order valence-corrected chi connectivity index (χ3v) is 3.75. The maximum Gasteiger partial charge on any atom is 0.0730 e. The Hall–Kier alpha value is -2.09. The number of benzene rings is 2. The Labute approximate surface area is 120 Å². The van der Waals surface area contributed by atoms with Crippen LogP contribution in [0.3, 0.4) is 0 Å². The molecule has 0 atom stereocenters. The number of rotatable bonds is 4. The van der Waals surface area contributed by atoms with Crippen molar-refractivity contribution in [2.75, 3.05) is 18.0 Å². The van der Waals surface area contributed by atoms with Crippen LogP contribution in [0.5, 0.6) is 0 Å². The maximum atomic E-state index is 4.79. The highest BCUT2D eigenvalue weighted by molar-refractivity contribution is 6.07. The molecule has 0 aliphatic heterocycles. The van der Waals surface area contributed by atoms with E-state index in [0.29, 0.717) is 0 Å². The number of hydrogen-bond acceptors (Lipinski definition) is 2. The fourth-order valence-electron chi connectivity index (χ4n) is 2.86. The van der Waals surface area contributed by atoms with Gasteiger partial charge in [-0.1, -0.05) is 43.3 Å². The van der Waals surface area contributed by atoms with Crippen molar-refractivity contribution < 1.29 is 0 Å². The summed E-state index contributed by atoms with van der Waals surface area (Å²) in [7, 11) is 0. The van der Waals surface area contributed by atoms with Gasteiger partial charge in [-0.15, -0.1) is 0 Å². The van der Waals surface area contributed by atoms with Crippen LogP contribution in [0, 0.1) is 0 Å². The van der Waals surface area contributed by atoms with E-state index in [-0.39, 0.29) is 0 Å². The summed E-state index contributed by atoms with van der Waals surface area (Å²) in [6, 6.07) is 16.9. The second-order valence-corrected chi connectivity index (χ2v) is 5.07. The predicted molar refractivity (Wildman–Crippen MR) is 87.4 cm³/mol. The van der Waals surface area contributed by atoms with Crippen molar-refractivity contribution in [1.82, 2.24) is 4.98 Å². The molecule has 0 aliphatic carbocycles. The molecule has 0 unspecified atom stereocenters. The van der Waals surface area contributed by atoms with E-state index < -0.39 is 0 Å². The summed E-state index contributed by atoms with van der Waals surface area (Å²) in [5, 5.41) is 2.50. The van der Waals surface area contributed by atoms with Crippen LogP contribution in [0.2, 0.25) is 0 Å². The van der Waals surface area contributed by atoms with Crippen molar-refractivity contribution in [3.8, 4) is 0 Å². The molecular weight excluding hydrogens is 244 g/mol. The first kappa shape index (κ1) is 12.9. The van der Waals surface area contributed by atoms with E-state index in [4.69, 9.17) is 4.98 Å². The van der Waals surface area contributed by atoms with Gasteiger partial charge >= 0.3 is 0 Å². The van der Waals surface area contributed by atoms with Crippen LogP contribution in [0.4, 0.5) is 5.69 Å². The molecule has 2 aromatic carbocycles. The Bertz CT molecular complexity index is 680. The van der Waals surface area contributed by atoms with Gasteiger partial charge in [0.25, 0.3) is 0 Å². The van der Waals surface area contributed by atoms with Gasteiger partial charge < -0.3 is 4.90 Å². The van der Waals surface area contributed by atoms with E-state index in [9.17, 15) is 0 Å². The summed E-state index contributed by atoms with van der Waals surface area (Å²) in [5.74, 6) is 0. The fourth-order valence-corrected chi connectivity index (χ4v) is 2.86. The number of nitrogens with zero attached hydrogens (tertiary/aromatic N) is 2. The molecule has 1 aromatic heterocycles. The van der Waals surface area contributed by atoms with Crippen molar-refractivity contribution >= 4 is 27.5 Å². The molecule has 0 radical (unpaired) electrons. The van der Waals surface area contributed by atoms with Crippen LogP contribution in [0.25, 0.3) is 21.8 Å². The second-order valence-electron chi connectivity index (χ2n) is 5.07. The lowest BCUT2D eigenvalue weighted by atomic mass is 10.1. The van der Waals surface area contributed by atoms with Crippen LogP contribution in [0.1, 0.15) is 20.3 Å². The lowest BCUT2D eigenvalue weighted by molar-refractivity contribution is 0.797. The van der Waals surface area contributed by atoms with E-state index in [1.807, 2.05) is 0 Å². The first-order valence-electron chi connectivity index (χ1n) is 7.37. The molecular formula is C18H20N2. The summed E-state index contributed by atoms with van der Waals surface area (Å²) in [6.45, 7) is 6.55. The van der Waals surface area contributed by atoms with E-state index in [0.717, 1.165) is 30.5 Å². The van der Waals surface area contributed by atoms with Gasteiger partial charge in [0.2, 0.25) is 0 Å². The molecule has 0 saturated heterocycles. The van der Waals surface area contributed by atoms with Crippen molar-refractivity contribution in [1.29, 1.82) is 0 Å². The Morgan fingerprint density at radius 1 is 0.850 bits per heavy atom. The smallest absolute Gasteiger partial charge is 0.0730 e. The summed E-state index contributed by atoms with van der Waals surface area (Å²) < 4.78 is 0. The number of hydrogen-bond donors (Lipinski definition) is 0. The average molecular weight is 264 g/mol. The molecule has 0 fully saturated rings. The molecule has 0 N–H and O–H groups in total. The normalized spacial score (nSPS) is 11.1. The largest absolute Gasteiger partial charge is 0.371 e. The van der Waals surface area contributed by atoms with Crippen molar-refractivity contribution in [2.45, 2.75) is 20.3 Å². The first-order valence-corrected chi connectivity index (χ1v) is 7.37. The maximum absolute atomic E-state index is 4.79. The highest BCUT2D eigenvalue weighted by Gasteiger charge is 2.13. The van der Waals surface area contributed by atoms with Gasteiger partial charge in [0.05, 0.1) is 16.7 Å². The third-order valence-electron chi connectivity index (χ3n) is 3.75. The molecule has 20 heavy (non-hydrogen) atoms. The van der Waals surface area contributed by atoms with Gasteiger partial charge in [-0.3, -0.25) is 0 Å². The second kappa shape index (κ2) is 5.49. The minimum absolute atomic E-state index is 1.02. The first-order chi connectivity index (χ1) is 9.85. The van der Waals surface area contributed by atoms with Crippen LogP contribution in [0.15, 0.2) is 48.5 Å².